The van der Waals surface area contributed by atoms with Crippen molar-refractivity contribution in [2.24, 2.45) is 0 Å². The zero-order chi connectivity index (χ0) is 31.3. The van der Waals surface area contributed by atoms with Crippen LogP contribution in [-0.2, 0) is 9.47 Å². The first-order valence-electron chi connectivity index (χ1n) is 13.4. The van der Waals surface area contributed by atoms with E-state index >= 15 is 0 Å². The van der Waals surface area contributed by atoms with Crippen molar-refractivity contribution >= 4 is 23.6 Å². The molecule has 10 atom stereocenters. The predicted octanol–water partition coefficient (Wildman–Crippen LogP) is -1.79. The molecule has 2 aliphatic heterocycles. The van der Waals surface area contributed by atoms with Crippen molar-refractivity contribution in [2.45, 2.75) is 59.6 Å². The van der Waals surface area contributed by atoms with E-state index in [1.807, 2.05) is 0 Å². The summed E-state index contributed by atoms with van der Waals surface area (Å²) < 4.78 is 21.6. The molecule has 2 fully saturated rings. The number of aliphatic hydroxyl groups excluding tert-OH is 6. The minimum atomic E-state index is -1.56. The standard InChI is InChI=1S/C28H36N2O12S/c1-39-15-7-3-13(4-8-15)25(37)29-19-21(33)17(11-31)41-27(23(19)35)43-28-24(36)20(22(34)18(12-32)42-28)30-26(38)14-5-9-16(40-2)10-6-14/h3-10,17-24,27-28,31-36H,11-12H2,1-2H3,(H,29,37)(H,30,38)/t17-,18-,19+,20+,21+,22+,23-,24-,27+,28+/m1/s1. The number of ether oxygens (including phenoxy) is 4. The molecule has 43 heavy (non-hydrogen) atoms. The van der Waals surface area contributed by atoms with Crippen LogP contribution in [0.4, 0.5) is 0 Å². The van der Waals surface area contributed by atoms with Gasteiger partial charge in [-0.05, 0) is 48.5 Å². The van der Waals surface area contributed by atoms with E-state index < -0.39 is 84.6 Å². The van der Waals surface area contributed by atoms with Gasteiger partial charge >= 0.3 is 0 Å². The van der Waals surface area contributed by atoms with Gasteiger partial charge in [0, 0.05) is 11.1 Å². The van der Waals surface area contributed by atoms with Gasteiger partial charge in [-0.2, -0.15) is 0 Å². The zero-order valence-electron chi connectivity index (χ0n) is 23.3. The third-order valence-electron chi connectivity index (χ3n) is 7.34. The minimum Gasteiger partial charge on any atom is -0.497 e. The molecule has 14 nitrogen and oxygen atoms in total. The molecule has 0 saturated carbocycles. The van der Waals surface area contributed by atoms with E-state index in [2.05, 4.69) is 10.6 Å². The van der Waals surface area contributed by atoms with Crippen molar-refractivity contribution in [2.75, 3.05) is 27.4 Å². The molecule has 0 bridgehead atoms. The fourth-order valence-electron chi connectivity index (χ4n) is 4.83. The number of thioether (sulfide) groups is 1. The Morgan fingerprint density at radius 1 is 0.674 bits per heavy atom. The lowest BCUT2D eigenvalue weighted by molar-refractivity contribution is -0.175. The van der Waals surface area contributed by atoms with Crippen LogP contribution < -0.4 is 20.1 Å². The van der Waals surface area contributed by atoms with Gasteiger partial charge in [-0.25, -0.2) is 0 Å². The smallest absolute Gasteiger partial charge is 0.251 e. The molecular weight excluding hydrogens is 588 g/mol. The Labute approximate surface area is 251 Å². The minimum absolute atomic E-state index is 0.220. The fraction of sp³-hybridized carbons (Fsp3) is 0.500. The van der Waals surface area contributed by atoms with Gasteiger partial charge in [-0.1, -0.05) is 11.8 Å². The molecule has 2 aromatic rings. The van der Waals surface area contributed by atoms with E-state index in [4.69, 9.17) is 18.9 Å². The van der Waals surface area contributed by atoms with Gasteiger partial charge in [0.1, 0.15) is 59.0 Å². The van der Waals surface area contributed by atoms with Gasteiger partial charge in [-0.3, -0.25) is 9.59 Å². The van der Waals surface area contributed by atoms with Crippen molar-refractivity contribution in [3.05, 3.63) is 59.7 Å². The Bertz CT molecular complexity index is 1130. The predicted molar refractivity (Wildman–Crippen MR) is 152 cm³/mol. The molecule has 236 valence electrons. The quantitative estimate of drug-likeness (QED) is 0.147. The van der Waals surface area contributed by atoms with Gasteiger partial charge in [0.05, 0.1) is 39.5 Å². The lowest BCUT2D eigenvalue weighted by Gasteiger charge is -2.46. The number of amides is 2. The van der Waals surface area contributed by atoms with Crippen LogP contribution in [0.5, 0.6) is 11.5 Å². The molecule has 15 heteroatoms. The van der Waals surface area contributed by atoms with Crippen LogP contribution in [0.15, 0.2) is 48.5 Å². The molecule has 8 N–H and O–H groups in total. The first-order chi connectivity index (χ1) is 20.6. The van der Waals surface area contributed by atoms with Gasteiger partial charge < -0.3 is 60.2 Å². The largest absolute Gasteiger partial charge is 0.497 e. The van der Waals surface area contributed by atoms with Crippen molar-refractivity contribution in [3.8, 4) is 11.5 Å². The van der Waals surface area contributed by atoms with Crippen LogP contribution in [0.25, 0.3) is 0 Å². The summed E-state index contributed by atoms with van der Waals surface area (Å²) in [6.45, 7) is -1.32. The maximum Gasteiger partial charge on any atom is 0.251 e. The van der Waals surface area contributed by atoms with E-state index in [1.54, 1.807) is 24.3 Å². The van der Waals surface area contributed by atoms with Crippen LogP contribution >= 0.6 is 11.8 Å². The Morgan fingerprint density at radius 2 is 1.02 bits per heavy atom. The monoisotopic (exact) mass is 624 g/mol. The highest BCUT2D eigenvalue weighted by Gasteiger charge is 2.50. The normalized spacial score (nSPS) is 32.5. The van der Waals surface area contributed by atoms with Gasteiger partial charge in [-0.15, -0.1) is 0 Å². The third kappa shape index (κ3) is 7.39. The molecule has 2 amide bonds. The number of hydrogen-bond donors (Lipinski definition) is 8. The molecule has 0 spiro atoms. The first-order valence-corrected chi connectivity index (χ1v) is 14.4. The highest BCUT2D eigenvalue weighted by Crippen LogP contribution is 2.37. The topological polar surface area (TPSA) is 216 Å². The molecular formula is C28H36N2O12S. The Hall–Kier alpha value is -2.99. The SMILES string of the molecule is COc1ccc(C(=O)N[C@H]2[C@@H](O)[C@@H](CO)O[C@@H](S[C@@H]3O[C@H](CO)[C@H](O)[C@H](NC(=O)c4ccc(OC)cc4)[C@H]3O)[C@@H]2O)cc1. The molecule has 2 heterocycles. The highest BCUT2D eigenvalue weighted by atomic mass is 32.2. The van der Waals surface area contributed by atoms with Crippen LogP contribution in [-0.4, -0.2) is 129 Å². The first kappa shape index (κ1) is 32.9. The molecule has 2 aromatic carbocycles. The van der Waals surface area contributed by atoms with Crippen LogP contribution in [0.1, 0.15) is 20.7 Å². The van der Waals surface area contributed by atoms with Gasteiger partial charge in [0.25, 0.3) is 11.8 Å². The highest BCUT2D eigenvalue weighted by molar-refractivity contribution is 8.00. The Kier molecular flexibility index (Phi) is 11.2. The summed E-state index contributed by atoms with van der Waals surface area (Å²) >= 11 is 0.739. The number of aliphatic hydroxyl groups is 6. The molecule has 4 rings (SSSR count). The second kappa shape index (κ2) is 14.7. The van der Waals surface area contributed by atoms with E-state index in [1.165, 1.54) is 38.5 Å². The lowest BCUT2D eigenvalue weighted by atomic mass is 9.96. The number of rotatable bonds is 10. The average molecular weight is 625 g/mol. The van der Waals surface area contributed by atoms with Crippen LogP contribution in [0, 0.1) is 0 Å². The van der Waals surface area contributed by atoms with Crippen molar-refractivity contribution in [1.82, 2.24) is 10.6 Å². The number of methoxy groups -OCH3 is 2. The maximum atomic E-state index is 12.9. The summed E-state index contributed by atoms with van der Waals surface area (Å²) in [5.74, 6) is -0.190. The summed E-state index contributed by atoms with van der Waals surface area (Å²) in [5.41, 5.74) is -2.10. The van der Waals surface area contributed by atoms with Crippen molar-refractivity contribution < 1.29 is 59.2 Å². The maximum absolute atomic E-state index is 12.9. The van der Waals surface area contributed by atoms with E-state index in [0.29, 0.717) is 11.5 Å². The van der Waals surface area contributed by atoms with Gasteiger partial charge in [0.15, 0.2) is 0 Å². The van der Waals surface area contributed by atoms with Gasteiger partial charge in [0.2, 0.25) is 0 Å². The van der Waals surface area contributed by atoms with E-state index in [9.17, 15) is 40.2 Å². The molecule has 0 unspecified atom stereocenters. The second-order valence-corrected chi connectivity index (χ2v) is 11.2. The number of carbonyl (C=O) groups is 2. The summed E-state index contributed by atoms with van der Waals surface area (Å²) in [5, 5.41) is 68.6. The van der Waals surface area contributed by atoms with Crippen LogP contribution in [0.2, 0.25) is 0 Å². The average Bonchev–Trinajstić information content (AvgIpc) is 3.03. The molecule has 2 aliphatic rings. The fourth-order valence-corrected chi connectivity index (χ4v) is 6.17. The molecule has 0 aliphatic carbocycles. The molecule has 0 radical (unpaired) electrons. The summed E-state index contributed by atoms with van der Waals surface area (Å²) in [4.78, 5) is 25.8. The van der Waals surface area contributed by atoms with Crippen molar-refractivity contribution in [1.29, 1.82) is 0 Å². The summed E-state index contributed by atoms with van der Waals surface area (Å²) in [6, 6.07) is 9.65. The summed E-state index contributed by atoms with van der Waals surface area (Å²) in [7, 11) is 2.95. The van der Waals surface area contributed by atoms with Crippen LogP contribution in [0.3, 0.4) is 0 Å². The summed E-state index contributed by atoms with van der Waals surface area (Å²) in [6.07, 6.45) is -8.58. The number of hydrogen-bond acceptors (Lipinski definition) is 13. The number of nitrogens with one attached hydrogen (secondary N) is 2. The number of carbonyl (C=O) groups excluding carboxylic acids is 2. The van der Waals surface area contributed by atoms with Crippen molar-refractivity contribution in [3.63, 3.8) is 0 Å². The molecule has 2 saturated heterocycles. The van der Waals surface area contributed by atoms with E-state index in [-0.39, 0.29) is 11.1 Å². The Morgan fingerprint density at radius 3 is 1.33 bits per heavy atom. The zero-order valence-corrected chi connectivity index (χ0v) is 24.2. The lowest BCUT2D eigenvalue weighted by Crippen LogP contribution is -2.66. The number of benzene rings is 2. The van der Waals surface area contributed by atoms with E-state index in [0.717, 1.165) is 11.8 Å². The second-order valence-electron chi connectivity index (χ2n) is 10.0. The molecule has 0 aromatic heterocycles. The third-order valence-corrected chi connectivity index (χ3v) is 8.65. The Balaban J connectivity index is 1.49.